The number of aryl methyl sites for hydroxylation is 1. The zero-order valence-electron chi connectivity index (χ0n) is 25.0. The SMILES string of the molecule is CCc1cnc(N2CCC(c3cccc(C(=O)N4CC[C@@H]5CN(C(=O)Cc6c(F)ccc(F)c6F)C[C@@H]5CC4)c3)CC2)nc1. The number of carbonyl (C=O) groups is 2. The molecule has 0 N–H and O–H groups in total. The topological polar surface area (TPSA) is 69.6 Å². The lowest BCUT2D eigenvalue weighted by Crippen LogP contribution is -2.35. The summed E-state index contributed by atoms with van der Waals surface area (Å²) in [5.41, 5.74) is 2.49. The quantitative estimate of drug-likeness (QED) is 0.353. The van der Waals surface area contributed by atoms with Crippen LogP contribution < -0.4 is 4.90 Å². The molecule has 3 aromatic rings. The van der Waals surface area contributed by atoms with E-state index in [-0.39, 0.29) is 17.7 Å². The highest BCUT2D eigenvalue weighted by Crippen LogP contribution is 2.34. The number of rotatable bonds is 6. The monoisotopic (exact) mass is 605 g/mol. The molecule has 3 saturated heterocycles. The fraction of sp³-hybridized carbons (Fsp3) is 0.471. The van der Waals surface area contributed by atoms with Crippen LogP contribution in [0.15, 0.2) is 48.8 Å². The summed E-state index contributed by atoms with van der Waals surface area (Å²) in [6.07, 6.45) is 7.65. The second kappa shape index (κ2) is 13.0. The average Bonchev–Trinajstić information content (AvgIpc) is 3.37. The minimum Gasteiger partial charge on any atom is -0.342 e. The van der Waals surface area contributed by atoms with Crippen LogP contribution in [0.2, 0.25) is 0 Å². The van der Waals surface area contributed by atoms with E-state index >= 15 is 0 Å². The molecule has 2 atom stereocenters. The van der Waals surface area contributed by atoms with Crippen LogP contribution in [-0.2, 0) is 17.6 Å². The molecule has 1 aromatic heterocycles. The summed E-state index contributed by atoms with van der Waals surface area (Å²) in [5, 5.41) is 0. The molecule has 0 saturated carbocycles. The summed E-state index contributed by atoms with van der Waals surface area (Å²) in [6.45, 7) is 5.97. The highest BCUT2D eigenvalue weighted by molar-refractivity contribution is 5.94. The first kappa shape index (κ1) is 30.1. The van der Waals surface area contributed by atoms with Gasteiger partial charge in [-0.25, -0.2) is 23.1 Å². The Labute approximate surface area is 256 Å². The zero-order valence-corrected chi connectivity index (χ0v) is 25.0. The third-order valence-electron chi connectivity index (χ3n) is 9.71. The van der Waals surface area contributed by atoms with Gasteiger partial charge in [0.15, 0.2) is 11.6 Å². The number of hydrogen-bond donors (Lipinski definition) is 0. The van der Waals surface area contributed by atoms with Crippen LogP contribution in [0.3, 0.4) is 0 Å². The molecule has 3 aliphatic rings. The van der Waals surface area contributed by atoms with Crippen LogP contribution in [0.25, 0.3) is 0 Å². The lowest BCUT2D eigenvalue weighted by Gasteiger charge is -2.32. The number of anilines is 1. The van der Waals surface area contributed by atoms with Crippen LogP contribution in [0.4, 0.5) is 19.1 Å². The summed E-state index contributed by atoms with van der Waals surface area (Å²) < 4.78 is 41.8. The summed E-state index contributed by atoms with van der Waals surface area (Å²) >= 11 is 0. The van der Waals surface area contributed by atoms with Crippen LogP contribution >= 0.6 is 0 Å². The van der Waals surface area contributed by atoms with Gasteiger partial charge in [-0.1, -0.05) is 19.1 Å². The number of aromatic nitrogens is 2. The van der Waals surface area contributed by atoms with E-state index in [1.165, 1.54) is 5.56 Å². The molecule has 3 aliphatic heterocycles. The molecule has 3 fully saturated rings. The molecule has 0 bridgehead atoms. The second-order valence-corrected chi connectivity index (χ2v) is 12.3. The van der Waals surface area contributed by atoms with E-state index in [0.717, 1.165) is 68.8 Å². The summed E-state index contributed by atoms with van der Waals surface area (Å²) in [5.74, 6) is -2.20. The van der Waals surface area contributed by atoms with Gasteiger partial charge in [0.1, 0.15) is 5.82 Å². The lowest BCUT2D eigenvalue weighted by atomic mass is 9.88. The molecule has 7 nitrogen and oxygen atoms in total. The number of piperidine rings is 1. The van der Waals surface area contributed by atoms with Crippen molar-refractivity contribution in [3.05, 3.63) is 88.5 Å². The minimum absolute atomic E-state index is 0.0265. The maximum atomic E-state index is 14.1. The van der Waals surface area contributed by atoms with E-state index in [1.54, 1.807) is 4.90 Å². The number of likely N-dealkylation sites (tertiary alicyclic amines) is 2. The first-order valence-electron chi connectivity index (χ1n) is 15.7. The van der Waals surface area contributed by atoms with Gasteiger partial charge in [0.05, 0.1) is 6.42 Å². The molecule has 2 amide bonds. The Kier molecular flexibility index (Phi) is 8.86. The molecular weight excluding hydrogens is 567 g/mol. The predicted octanol–water partition coefficient (Wildman–Crippen LogP) is 5.39. The second-order valence-electron chi connectivity index (χ2n) is 12.3. The van der Waals surface area contributed by atoms with Crippen LogP contribution in [0.1, 0.15) is 65.6 Å². The molecule has 6 rings (SSSR count). The Balaban J connectivity index is 1.02. The van der Waals surface area contributed by atoms with Gasteiger partial charge in [0.2, 0.25) is 11.9 Å². The Morgan fingerprint density at radius 2 is 1.50 bits per heavy atom. The minimum atomic E-state index is -1.30. The van der Waals surface area contributed by atoms with Crippen molar-refractivity contribution >= 4 is 17.8 Å². The molecule has 2 aromatic carbocycles. The lowest BCUT2D eigenvalue weighted by molar-refractivity contribution is -0.129. The Morgan fingerprint density at radius 1 is 0.841 bits per heavy atom. The third kappa shape index (κ3) is 6.30. The summed E-state index contributed by atoms with van der Waals surface area (Å²) in [4.78, 5) is 41.3. The Morgan fingerprint density at radius 3 is 2.16 bits per heavy atom. The molecule has 0 aliphatic carbocycles. The summed E-state index contributed by atoms with van der Waals surface area (Å²) in [7, 11) is 0. The van der Waals surface area contributed by atoms with Gasteiger partial charge < -0.3 is 14.7 Å². The van der Waals surface area contributed by atoms with Crippen LogP contribution in [-0.4, -0.2) is 70.9 Å². The maximum absolute atomic E-state index is 14.1. The number of amides is 2. The standard InChI is InChI=1S/C34H38F3N5O2/c1-2-22-18-38-34(39-19-22)41-14-8-23(9-15-41)24-4-3-5-25(16-24)33(44)40-12-10-26-20-42(21-27(26)11-13-40)31(43)17-28-29(35)6-7-30(36)32(28)37/h3-7,16,18-19,23,26-27H,2,8-15,17,20-21H2,1H3/t26-,27+. The third-order valence-corrected chi connectivity index (χ3v) is 9.71. The number of carbonyl (C=O) groups excluding carboxylic acids is 2. The number of fused-ring (bicyclic) bond motifs is 1. The van der Waals surface area contributed by atoms with Crippen molar-refractivity contribution in [2.75, 3.05) is 44.2 Å². The van der Waals surface area contributed by atoms with E-state index < -0.39 is 35.3 Å². The number of benzene rings is 2. The van der Waals surface area contributed by atoms with Crippen molar-refractivity contribution < 1.29 is 22.8 Å². The fourth-order valence-electron chi connectivity index (χ4n) is 6.96. The van der Waals surface area contributed by atoms with Crippen LogP contribution in [0.5, 0.6) is 0 Å². The number of hydrogen-bond acceptors (Lipinski definition) is 5. The van der Waals surface area contributed by atoms with Gasteiger partial charge in [-0.15, -0.1) is 0 Å². The van der Waals surface area contributed by atoms with Gasteiger partial charge in [-0.05, 0) is 85.3 Å². The van der Waals surface area contributed by atoms with Crippen molar-refractivity contribution in [1.29, 1.82) is 0 Å². The van der Waals surface area contributed by atoms with Gasteiger partial charge in [0.25, 0.3) is 5.91 Å². The molecule has 0 spiro atoms. The molecule has 0 unspecified atom stereocenters. The molecule has 4 heterocycles. The molecule has 10 heteroatoms. The predicted molar refractivity (Wildman–Crippen MR) is 161 cm³/mol. The van der Waals surface area contributed by atoms with Gasteiger partial charge in [-0.2, -0.15) is 0 Å². The van der Waals surface area contributed by atoms with Crippen molar-refractivity contribution in [3.8, 4) is 0 Å². The highest BCUT2D eigenvalue weighted by Gasteiger charge is 2.38. The van der Waals surface area contributed by atoms with E-state index in [2.05, 4.69) is 27.9 Å². The normalized spacial score (nSPS) is 20.9. The molecule has 0 radical (unpaired) electrons. The first-order chi connectivity index (χ1) is 21.3. The Bertz CT molecular complexity index is 1490. The van der Waals surface area contributed by atoms with E-state index in [1.807, 2.05) is 35.5 Å². The van der Waals surface area contributed by atoms with Gasteiger partial charge >= 0.3 is 0 Å². The van der Waals surface area contributed by atoms with Crippen molar-refractivity contribution in [2.45, 2.75) is 51.4 Å². The van der Waals surface area contributed by atoms with E-state index in [0.29, 0.717) is 37.7 Å². The molecular formula is C34H38F3N5O2. The average molecular weight is 606 g/mol. The van der Waals surface area contributed by atoms with Gasteiger partial charge in [-0.3, -0.25) is 9.59 Å². The number of nitrogens with zero attached hydrogens (tertiary/aromatic N) is 5. The van der Waals surface area contributed by atoms with Gasteiger partial charge in [0, 0.05) is 62.8 Å². The first-order valence-corrected chi connectivity index (χ1v) is 15.7. The molecule has 44 heavy (non-hydrogen) atoms. The maximum Gasteiger partial charge on any atom is 0.253 e. The van der Waals surface area contributed by atoms with Crippen molar-refractivity contribution in [1.82, 2.24) is 19.8 Å². The highest BCUT2D eigenvalue weighted by atomic mass is 19.2. The number of halogens is 3. The fourth-order valence-corrected chi connectivity index (χ4v) is 6.96. The smallest absolute Gasteiger partial charge is 0.253 e. The summed E-state index contributed by atoms with van der Waals surface area (Å²) in [6, 6.07) is 9.60. The largest absolute Gasteiger partial charge is 0.342 e. The van der Waals surface area contributed by atoms with Crippen LogP contribution in [0, 0.1) is 29.3 Å². The van der Waals surface area contributed by atoms with Crippen molar-refractivity contribution in [2.24, 2.45) is 11.8 Å². The zero-order chi connectivity index (χ0) is 30.8. The molecule has 232 valence electrons. The van der Waals surface area contributed by atoms with E-state index in [9.17, 15) is 22.8 Å². The Hall–Kier alpha value is -3.95. The van der Waals surface area contributed by atoms with E-state index in [4.69, 9.17) is 0 Å². The van der Waals surface area contributed by atoms with Crippen molar-refractivity contribution in [3.63, 3.8) is 0 Å².